The summed E-state index contributed by atoms with van der Waals surface area (Å²) in [7, 11) is 0. The minimum absolute atomic E-state index is 0. The van der Waals surface area contributed by atoms with Crippen LogP contribution in [0.15, 0.2) is 0 Å². The fourth-order valence-electron chi connectivity index (χ4n) is 0. The Morgan fingerprint density at radius 2 is 1.12 bits per heavy atom. The topological polar surface area (TPSA) is 138 Å². The SMILES string of the molecule is O.O.[H-].[Na+].[O]=[Cr](=[O])([OH])[OH]. The average Bonchev–Trinajstić information content (AvgIpc) is 0.722. The molecule has 8 heteroatoms. The third-order valence-electron chi connectivity index (χ3n) is 0. The zero-order chi connectivity index (χ0) is 4.50. The Morgan fingerprint density at radius 1 is 1.12 bits per heavy atom. The zero-order valence-electron chi connectivity index (χ0n) is 5.12. The van der Waals surface area contributed by atoms with Gasteiger partial charge in [-0.05, 0) is 0 Å². The van der Waals surface area contributed by atoms with E-state index in [-0.39, 0.29) is 41.9 Å². The Labute approximate surface area is 71.3 Å². The van der Waals surface area contributed by atoms with Gasteiger partial charge in [0.2, 0.25) is 0 Å². The Balaban J connectivity index is -0.0000000133. The standard InChI is InChI=1S/Cr.Na.4H2O.2O.H/h;;4*1H2;;;/q+2;+1;;;;;;;-1/p-2. The summed E-state index contributed by atoms with van der Waals surface area (Å²) in [5, 5.41) is 0. The van der Waals surface area contributed by atoms with Crippen LogP contribution >= 0.6 is 0 Å². The van der Waals surface area contributed by atoms with E-state index in [0.717, 1.165) is 0 Å². The van der Waals surface area contributed by atoms with Crippen LogP contribution in [0.3, 0.4) is 0 Å². The van der Waals surface area contributed by atoms with Crippen LogP contribution in [0.25, 0.3) is 0 Å². The summed E-state index contributed by atoms with van der Waals surface area (Å²) in [5.74, 6) is 0. The average molecular weight is 178 g/mol. The van der Waals surface area contributed by atoms with Gasteiger partial charge in [-0.1, -0.05) is 0 Å². The number of hydrogen-bond donors (Lipinski definition) is 2. The van der Waals surface area contributed by atoms with Crippen LogP contribution in [-0.2, 0) is 21.2 Å². The molecule has 0 rings (SSSR count). The molecule has 50 valence electrons. The zero-order valence-corrected chi connectivity index (χ0v) is 7.39. The molecule has 0 aromatic heterocycles. The first kappa shape index (κ1) is 23.1. The van der Waals surface area contributed by atoms with Gasteiger partial charge in [-0.3, -0.25) is 0 Å². The van der Waals surface area contributed by atoms with Crippen LogP contribution in [0.1, 0.15) is 1.43 Å². The van der Waals surface area contributed by atoms with E-state index in [2.05, 4.69) is 0 Å². The van der Waals surface area contributed by atoms with E-state index >= 15 is 0 Å². The first-order chi connectivity index (χ1) is 2.00. The molecule has 0 aliphatic heterocycles. The van der Waals surface area contributed by atoms with Crippen LogP contribution in [0.2, 0.25) is 0 Å². The van der Waals surface area contributed by atoms with Gasteiger partial charge in [0.05, 0.1) is 0 Å². The van der Waals surface area contributed by atoms with E-state index in [9.17, 15) is 0 Å². The molecule has 0 bridgehead atoms. The van der Waals surface area contributed by atoms with Crippen LogP contribution in [-0.4, -0.2) is 19.3 Å². The van der Waals surface area contributed by atoms with Crippen molar-refractivity contribution in [1.82, 2.24) is 0 Å². The quantitative estimate of drug-likeness (QED) is 0.356. The van der Waals surface area contributed by atoms with Gasteiger partial charge in [0.15, 0.2) is 0 Å². The second-order valence-corrected chi connectivity index (χ2v) is 1.85. The van der Waals surface area contributed by atoms with Gasteiger partial charge in [-0.2, -0.15) is 0 Å². The summed E-state index contributed by atoms with van der Waals surface area (Å²) < 4.78 is 31.9. The molecular weight excluding hydrogens is 171 g/mol. The van der Waals surface area contributed by atoms with Gasteiger partial charge >= 0.3 is 59.1 Å². The first-order valence-corrected chi connectivity index (χ1v) is 2.88. The molecule has 0 atom stereocenters. The summed E-state index contributed by atoms with van der Waals surface area (Å²) in [6.45, 7) is 0. The molecule has 0 saturated heterocycles. The number of hydrogen-bond acceptors (Lipinski definition) is 2. The molecule has 8 heavy (non-hydrogen) atoms. The van der Waals surface area contributed by atoms with Crippen molar-refractivity contribution in [3.8, 4) is 0 Å². The third kappa shape index (κ3) is 263. The molecule has 0 amide bonds. The van der Waals surface area contributed by atoms with Crippen molar-refractivity contribution in [2.45, 2.75) is 0 Å². The molecule has 0 aliphatic rings. The summed E-state index contributed by atoms with van der Waals surface area (Å²) in [6.07, 6.45) is 0. The molecule has 0 fully saturated rings. The molecule has 0 aromatic rings. The van der Waals surface area contributed by atoms with Crippen LogP contribution in [0, 0.1) is 0 Å². The van der Waals surface area contributed by atoms with Gasteiger partial charge in [0.25, 0.3) is 0 Å². The van der Waals surface area contributed by atoms with Gasteiger partial charge in [-0.15, -0.1) is 0 Å². The van der Waals surface area contributed by atoms with E-state index < -0.39 is 13.6 Å². The fourth-order valence-corrected chi connectivity index (χ4v) is 0. The van der Waals surface area contributed by atoms with E-state index in [1.165, 1.54) is 0 Å². The van der Waals surface area contributed by atoms with E-state index in [1.807, 2.05) is 0 Å². The molecule has 0 heterocycles. The summed E-state index contributed by atoms with van der Waals surface area (Å²) >= 11 is -5.25. The molecule has 0 aliphatic carbocycles. The normalized spacial score (nSPS) is 7.25. The van der Waals surface area contributed by atoms with Crippen molar-refractivity contribution in [3.05, 3.63) is 0 Å². The summed E-state index contributed by atoms with van der Waals surface area (Å²) in [6, 6.07) is 0. The van der Waals surface area contributed by atoms with Crippen molar-refractivity contribution in [1.29, 1.82) is 0 Å². The molecular formula is H7CrNaO6. The molecule has 6 nitrogen and oxygen atoms in total. The fraction of sp³-hybridized carbons (Fsp3) is 0. The van der Waals surface area contributed by atoms with Crippen molar-refractivity contribution in [3.63, 3.8) is 0 Å². The number of rotatable bonds is 0. The molecule has 0 saturated carbocycles. The molecule has 0 radical (unpaired) electrons. The van der Waals surface area contributed by atoms with Crippen LogP contribution in [0.4, 0.5) is 0 Å². The van der Waals surface area contributed by atoms with Gasteiger partial charge < -0.3 is 12.4 Å². The predicted octanol–water partition coefficient (Wildman–Crippen LogP) is -5.89. The Hall–Kier alpha value is 0.972. The third-order valence-corrected chi connectivity index (χ3v) is 0. The minimum atomic E-state index is -5.25. The van der Waals surface area contributed by atoms with Crippen molar-refractivity contribution < 1.29 is 71.5 Å². The maximum atomic E-state index is 8.82. The van der Waals surface area contributed by atoms with Gasteiger partial charge in [0, 0.05) is 0 Å². The van der Waals surface area contributed by atoms with Crippen molar-refractivity contribution >= 4 is 0 Å². The van der Waals surface area contributed by atoms with E-state index in [4.69, 9.17) is 15.9 Å². The van der Waals surface area contributed by atoms with Crippen LogP contribution in [0.5, 0.6) is 0 Å². The van der Waals surface area contributed by atoms with Crippen LogP contribution < -0.4 is 29.6 Å². The van der Waals surface area contributed by atoms with E-state index in [1.54, 1.807) is 0 Å². The first-order valence-electron chi connectivity index (χ1n) is 0.698. The monoisotopic (exact) mass is 178 g/mol. The Kier molecular flexibility index (Phi) is 23.0. The van der Waals surface area contributed by atoms with Crippen molar-refractivity contribution in [2.24, 2.45) is 0 Å². The maximum absolute atomic E-state index is 8.82. The van der Waals surface area contributed by atoms with Gasteiger partial charge in [-0.25, -0.2) is 0 Å². The second kappa shape index (κ2) is 7.97. The summed E-state index contributed by atoms with van der Waals surface area (Å²) in [4.78, 5) is 0. The van der Waals surface area contributed by atoms with Crippen molar-refractivity contribution in [2.75, 3.05) is 0 Å². The van der Waals surface area contributed by atoms with Gasteiger partial charge in [0.1, 0.15) is 0 Å². The molecule has 0 aromatic carbocycles. The Bertz CT molecular complexity index is 96.2. The molecule has 6 N–H and O–H groups in total. The molecule has 0 spiro atoms. The summed E-state index contributed by atoms with van der Waals surface area (Å²) in [5.41, 5.74) is 0. The van der Waals surface area contributed by atoms with E-state index in [0.29, 0.717) is 0 Å². The molecule has 0 unspecified atom stereocenters. The Morgan fingerprint density at radius 3 is 1.12 bits per heavy atom. The predicted molar refractivity (Wildman–Crippen MR) is 14.2 cm³/mol. The second-order valence-electron chi connectivity index (χ2n) is 0.448.